The molecule has 9 aliphatic rings. The summed E-state index contributed by atoms with van der Waals surface area (Å²) < 4.78 is 45.4. The molecule has 2 N–H and O–H groups in total. The molecule has 3 saturated carbocycles. The molecular formula is C53H64N4O7S. The van der Waals surface area contributed by atoms with E-state index in [1.54, 1.807) is 12.1 Å². The molecule has 5 heterocycles. The Morgan fingerprint density at radius 1 is 0.846 bits per heavy atom. The number of fused-ring (bicyclic) bond motifs is 13. The van der Waals surface area contributed by atoms with Crippen LogP contribution in [0.1, 0.15) is 122 Å². The lowest BCUT2D eigenvalue weighted by Gasteiger charge is -2.58. The van der Waals surface area contributed by atoms with Crippen molar-refractivity contribution in [3.05, 3.63) is 87.7 Å². The van der Waals surface area contributed by atoms with Gasteiger partial charge in [-0.2, -0.15) is 4.58 Å². The maximum Gasteiger partial charge on any atom is 0.224 e. The summed E-state index contributed by atoms with van der Waals surface area (Å²) in [6.07, 6.45) is 14.1. The number of hydrogen-bond acceptors (Lipinski definition) is 8. The number of ether oxygens (including phenoxy) is 1. The molecule has 12 heteroatoms. The highest BCUT2D eigenvalue weighted by Gasteiger charge is 2.60. The summed E-state index contributed by atoms with van der Waals surface area (Å²) in [6, 6.07) is 11.2. The van der Waals surface area contributed by atoms with E-state index in [0.29, 0.717) is 43.0 Å². The van der Waals surface area contributed by atoms with Gasteiger partial charge in [0.1, 0.15) is 10.1 Å². The van der Waals surface area contributed by atoms with Crippen molar-refractivity contribution in [2.45, 2.75) is 140 Å². The van der Waals surface area contributed by atoms with Gasteiger partial charge in [-0.1, -0.05) is 45.4 Å². The summed E-state index contributed by atoms with van der Waals surface area (Å²) >= 11 is 0. The number of carbonyl (C=O) groups is 3. The number of carbonyl (C=O) groups excluding carboxylic acids is 3. The first kappa shape index (κ1) is 43.2. The normalized spacial score (nSPS) is 33.5. The molecule has 11 nitrogen and oxygen atoms in total. The van der Waals surface area contributed by atoms with E-state index >= 15 is 0 Å². The SMILES string of the molecule is CC1(C)C2=C3C=C4C5=[N+](CCC4OC3CCN2c2ccc(CC(=O)NCCNC(=O)C3CCC4C6CCC7=CC(=O)CCC7(C)C6CCC34C)cc21)c1ccc(S(=O)(=O)[O-])cc1C5(C)C. The molecule has 3 fully saturated rings. The second-order valence-corrected chi connectivity index (χ2v) is 23.8. The average Bonchev–Trinajstić information content (AvgIpc) is 3.82. The monoisotopic (exact) mass is 900 g/mol. The number of rotatable bonds is 7. The molecule has 8 unspecified atom stereocenters. The fourth-order valence-corrected chi connectivity index (χ4v) is 15.8. The van der Waals surface area contributed by atoms with E-state index in [2.05, 4.69) is 85.9 Å². The summed E-state index contributed by atoms with van der Waals surface area (Å²) in [5.74, 6) is 2.09. The molecule has 11 rings (SSSR count). The van der Waals surface area contributed by atoms with E-state index in [-0.39, 0.29) is 57.5 Å². The molecule has 2 amide bonds. The fourth-order valence-electron chi connectivity index (χ4n) is 15.3. The Kier molecular flexibility index (Phi) is 9.84. The number of nitrogens with zero attached hydrogens (tertiary/aromatic N) is 2. The first-order valence-corrected chi connectivity index (χ1v) is 25.8. The lowest BCUT2D eigenvalue weighted by Crippen LogP contribution is -2.52. The predicted molar refractivity (Wildman–Crippen MR) is 247 cm³/mol. The fraction of sp³-hybridized carbons (Fsp3) is 0.585. The minimum absolute atomic E-state index is 0.00928. The molecule has 0 radical (unpaired) electrons. The summed E-state index contributed by atoms with van der Waals surface area (Å²) in [5, 5.41) is 6.29. The number of anilines is 1. The van der Waals surface area contributed by atoms with Crippen LogP contribution in [0.5, 0.6) is 0 Å². The van der Waals surface area contributed by atoms with Gasteiger partial charge in [0.05, 0.1) is 28.9 Å². The Morgan fingerprint density at radius 3 is 2.45 bits per heavy atom. The topological polar surface area (TPSA) is 148 Å². The van der Waals surface area contributed by atoms with Crippen LogP contribution in [-0.2, 0) is 46.5 Å². The molecule has 0 saturated heterocycles. The summed E-state index contributed by atoms with van der Waals surface area (Å²) in [5.41, 5.74) is 10.3. The van der Waals surface area contributed by atoms with Gasteiger partial charge in [-0.3, -0.25) is 14.4 Å². The number of hydrogen-bond donors (Lipinski definition) is 2. The third kappa shape index (κ3) is 6.49. The van der Waals surface area contributed by atoms with E-state index in [1.165, 1.54) is 28.5 Å². The predicted octanol–water partition coefficient (Wildman–Crippen LogP) is 7.44. The lowest BCUT2D eigenvalue weighted by atomic mass is 9.47. The van der Waals surface area contributed by atoms with Crippen LogP contribution in [0.2, 0.25) is 0 Å². The van der Waals surface area contributed by atoms with E-state index < -0.39 is 15.5 Å². The Morgan fingerprint density at radius 2 is 1.65 bits per heavy atom. The third-order valence-corrected chi connectivity index (χ3v) is 19.3. The molecule has 2 aromatic carbocycles. The molecule has 0 aromatic heterocycles. The standard InChI is InChI=1S/C53H64N4O7S/c1-50(2)40-25-30(26-46(59)54-21-22-55-49(60)39-12-11-37-34-10-8-31-27-32(58)15-19-52(31,5)38(34)16-20-53(37,39)6)7-13-42(40)56-23-17-44-35(47(50)56)29-36-45(64-44)18-24-57-43-14-9-33(65(61,62)63)28-41(43)51(3,4)48(36)57/h7,9,13-14,25,27-29,34,37-39,44-45H,8,10-12,15-24,26H2,1-6H3,(H2-,54,55,59,60,61,62,63). The van der Waals surface area contributed by atoms with Crippen LogP contribution in [0.25, 0.3) is 0 Å². The summed E-state index contributed by atoms with van der Waals surface area (Å²) in [4.78, 5) is 41.7. The Hall–Kier alpha value is -4.39. The van der Waals surface area contributed by atoms with Crippen LogP contribution < -0.4 is 15.5 Å². The first-order valence-electron chi connectivity index (χ1n) is 24.4. The van der Waals surface area contributed by atoms with E-state index in [1.807, 2.05) is 6.08 Å². The zero-order chi connectivity index (χ0) is 45.6. The molecular weight excluding hydrogens is 837 g/mol. The minimum atomic E-state index is -4.60. The molecule has 5 aliphatic heterocycles. The van der Waals surface area contributed by atoms with Gasteiger partial charge in [-0.15, -0.1) is 0 Å². The summed E-state index contributed by atoms with van der Waals surface area (Å²) in [6.45, 7) is 15.9. The van der Waals surface area contributed by atoms with E-state index in [0.717, 1.165) is 105 Å². The molecule has 0 bridgehead atoms. The van der Waals surface area contributed by atoms with Crippen LogP contribution in [0, 0.1) is 34.5 Å². The number of benzene rings is 2. The smallest absolute Gasteiger partial charge is 0.224 e. The van der Waals surface area contributed by atoms with Gasteiger partial charge in [-0.25, -0.2) is 8.42 Å². The Balaban J connectivity index is 0.750. The van der Waals surface area contributed by atoms with Gasteiger partial charge in [-0.05, 0) is 135 Å². The molecule has 4 aliphatic carbocycles. The number of nitrogens with one attached hydrogen (secondary N) is 2. The van der Waals surface area contributed by atoms with Crippen molar-refractivity contribution in [3.63, 3.8) is 0 Å². The second kappa shape index (κ2) is 14.8. The van der Waals surface area contributed by atoms with Crippen LogP contribution in [0.15, 0.2) is 75.9 Å². The third-order valence-electron chi connectivity index (χ3n) is 18.5. The van der Waals surface area contributed by atoms with Crippen molar-refractivity contribution in [2.75, 3.05) is 31.1 Å². The van der Waals surface area contributed by atoms with E-state index in [4.69, 9.17) is 4.74 Å². The van der Waals surface area contributed by atoms with Gasteiger partial charge in [0, 0.05) is 78.0 Å². The van der Waals surface area contributed by atoms with Crippen LogP contribution in [0.3, 0.4) is 0 Å². The van der Waals surface area contributed by atoms with Crippen LogP contribution in [0.4, 0.5) is 11.4 Å². The molecule has 65 heavy (non-hydrogen) atoms. The molecule has 0 spiro atoms. The van der Waals surface area contributed by atoms with Gasteiger partial charge < -0.3 is 24.8 Å². The van der Waals surface area contributed by atoms with Crippen molar-refractivity contribution in [1.29, 1.82) is 0 Å². The number of ketones is 1. The highest BCUT2D eigenvalue weighted by Crippen LogP contribution is 2.66. The average molecular weight is 901 g/mol. The lowest BCUT2D eigenvalue weighted by molar-refractivity contribution is -0.445. The number of amides is 2. The summed E-state index contributed by atoms with van der Waals surface area (Å²) in [7, 11) is -4.60. The van der Waals surface area contributed by atoms with E-state index in [9.17, 15) is 27.4 Å². The minimum Gasteiger partial charge on any atom is -0.744 e. The van der Waals surface area contributed by atoms with Gasteiger partial charge in [0.2, 0.25) is 17.5 Å². The highest BCUT2D eigenvalue weighted by molar-refractivity contribution is 7.85. The highest BCUT2D eigenvalue weighted by atomic mass is 32.2. The van der Waals surface area contributed by atoms with Crippen molar-refractivity contribution in [2.24, 2.45) is 34.5 Å². The van der Waals surface area contributed by atoms with Crippen LogP contribution in [-0.4, -0.2) is 79.2 Å². The Bertz CT molecular complexity index is 2710. The van der Waals surface area contributed by atoms with Crippen molar-refractivity contribution < 1.29 is 36.7 Å². The van der Waals surface area contributed by atoms with Gasteiger partial charge >= 0.3 is 0 Å². The van der Waals surface area contributed by atoms with Gasteiger partial charge in [0.15, 0.2) is 18.0 Å². The zero-order valence-electron chi connectivity index (χ0n) is 38.8. The largest absolute Gasteiger partial charge is 0.744 e. The van der Waals surface area contributed by atoms with Crippen molar-refractivity contribution in [1.82, 2.24) is 10.6 Å². The number of allylic oxidation sites excluding steroid dienone is 2. The quantitative estimate of drug-likeness (QED) is 0.166. The second-order valence-electron chi connectivity index (χ2n) is 22.4. The maximum absolute atomic E-state index is 13.8. The molecule has 344 valence electrons. The van der Waals surface area contributed by atoms with Crippen molar-refractivity contribution in [3.8, 4) is 0 Å². The maximum atomic E-state index is 13.8. The van der Waals surface area contributed by atoms with Crippen LogP contribution >= 0.6 is 0 Å². The Labute approximate surface area is 384 Å². The first-order chi connectivity index (χ1) is 30.8. The molecule has 8 atom stereocenters. The molecule has 2 aromatic rings. The van der Waals surface area contributed by atoms with Gasteiger partial charge in [0.25, 0.3) is 0 Å². The zero-order valence-corrected chi connectivity index (χ0v) is 39.7. The van der Waals surface area contributed by atoms with Crippen molar-refractivity contribution >= 4 is 44.8 Å².